The molecule has 20 heavy (non-hydrogen) atoms. The molecule has 0 aromatic heterocycles. The van der Waals surface area contributed by atoms with Crippen LogP contribution in [0.25, 0.3) is 0 Å². The van der Waals surface area contributed by atoms with Gasteiger partial charge in [-0.05, 0) is 35.9 Å². The molecular formula is C15H15ClN2O2. The van der Waals surface area contributed by atoms with Gasteiger partial charge in [-0.25, -0.2) is 0 Å². The number of nitrogens with two attached hydrogens (primary N) is 1. The molecule has 2 aromatic carbocycles. The number of benzene rings is 2. The molecule has 0 aliphatic heterocycles. The summed E-state index contributed by atoms with van der Waals surface area (Å²) in [6.07, 6.45) is 0. The van der Waals surface area contributed by atoms with Crippen molar-refractivity contribution in [2.45, 2.75) is 6.54 Å². The van der Waals surface area contributed by atoms with Crippen LogP contribution >= 0.6 is 11.6 Å². The van der Waals surface area contributed by atoms with Crippen molar-refractivity contribution in [3.63, 3.8) is 0 Å². The second-order valence-electron chi connectivity index (χ2n) is 4.57. The first-order valence-electron chi connectivity index (χ1n) is 6.06. The van der Waals surface area contributed by atoms with Gasteiger partial charge in [0.2, 0.25) is 0 Å². The Hall–Kier alpha value is -2.20. The first-order valence-corrected chi connectivity index (χ1v) is 6.43. The summed E-state index contributed by atoms with van der Waals surface area (Å²) in [5.74, 6) is -0.0211. The van der Waals surface area contributed by atoms with Crippen molar-refractivity contribution in [2.24, 2.45) is 0 Å². The van der Waals surface area contributed by atoms with Gasteiger partial charge in [-0.2, -0.15) is 0 Å². The van der Waals surface area contributed by atoms with Crippen molar-refractivity contribution in [1.82, 2.24) is 4.90 Å². The summed E-state index contributed by atoms with van der Waals surface area (Å²) in [7, 11) is 1.68. The molecule has 104 valence electrons. The minimum absolute atomic E-state index is 0.175. The lowest BCUT2D eigenvalue weighted by Crippen LogP contribution is -2.26. The van der Waals surface area contributed by atoms with Crippen molar-refractivity contribution < 1.29 is 9.90 Å². The molecule has 2 rings (SSSR count). The van der Waals surface area contributed by atoms with Gasteiger partial charge in [0.1, 0.15) is 5.75 Å². The minimum atomic E-state index is -0.196. The summed E-state index contributed by atoms with van der Waals surface area (Å²) < 4.78 is 0. The van der Waals surface area contributed by atoms with E-state index in [1.54, 1.807) is 43.4 Å². The third kappa shape index (κ3) is 3.22. The summed E-state index contributed by atoms with van der Waals surface area (Å²) in [6, 6.07) is 11.6. The maximum absolute atomic E-state index is 12.3. The fraction of sp³-hybridized carbons (Fsp3) is 0.133. The van der Waals surface area contributed by atoms with E-state index in [1.807, 2.05) is 6.07 Å². The number of nitrogen functional groups attached to an aromatic ring is 1. The smallest absolute Gasteiger partial charge is 0.255 e. The predicted octanol–water partition coefficient (Wildman–Crippen LogP) is 2.90. The van der Waals surface area contributed by atoms with Crippen LogP contribution in [0.4, 0.5) is 5.69 Å². The lowest BCUT2D eigenvalue weighted by molar-refractivity contribution is 0.0785. The van der Waals surface area contributed by atoms with E-state index in [0.29, 0.717) is 22.8 Å². The SMILES string of the molecule is CN(Cc1cccc(O)c1)C(=O)c1ccc(N)cc1Cl. The molecule has 0 saturated carbocycles. The first-order chi connectivity index (χ1) is 9.47. The molecule has 0 atom stereocenters. The Labute approximate surface area is 122 Å². The van der Waals surface area contributed by atoms with Crippen LogP contribution in [-0.2, 0) is 6.54 Å². The molecule has 0 spiro atoms. The molecule has 1 amide bonds. The highest BCUT2D eigenvalue weighted by Crippen LogP contribution is 2.21. The highest BCUT2D eigenvalue weighted by atomic mass is 35.5. The average Bonchev–Trinajstić information content (AvgIpc) is 2.38. The quantitative estimate of drug-likeness (QED) is 0.854. The number of carbonyl (C=O) groups is 1. The normalized spacial score (nSPS) is 10.3. The zero-order valence-corrected chi connectivity index (χ0v) is 11.8. The second kappa shape index (κ2) is 5.84. The van der Waals surface area contributed by atoms with E-state index in [0.717, 1.165) is 5.56 Å². The van der Waals surface area contributed by atoms with Gasteiger partial charge in [-0.15, -0.1) is 0 Å². The van der Waals surface area contributed by atoms with E-state index < -0.39 is 0 Å². The second-order valence-corrected chi connectivity index (χ2v) is 4.98. The number of aromatic hydroxyl groups is 1. The highest BCUT2D eigenvalue weighted by molar-refractivity contribution is 6.34. The van der Waals surface area contributed by atoms with E-state index in [9.17, 15) is 9.90 Å². The molecule has 0 aliphatic carbocycles. The van der Waals surface area contributed by atoms with Gasteiger partial charge in [-0.3, -0.25) is 4.79 Å². The summed E-state index contributed by atoms with van der Waals surface area (Å²) in [5.41, 5.74) is 7.37. The lowest BCUT2D eigenvalue weighted by Gasteiger charge is -2.18. The molecule has 0 saturated heterocycles. The van der Waals surface area contributed by atoms with Gasteiger partial charge in [0.05, 0.1) is 10.6 Å². The number of nitrogens with zero attached hydrogens (tertiary/aromatic N) is 1. The molecule has 2 aromatic rings. The van der Waals surface area contributed by atoms with Crippen molar-refractivity contribution in [2.75, 3.05) is 12.8 Å². The topological polar surface area (TPSA) is 66.6 Å². The van der Waals surface area contributed by atoms with Gasteiger partial charge >= 0.3 is 0 Å². The van der Waals surface area contributed by atoms with Crippen molar-refractivity contribution >= 4 is 23.2 Å². The zero-order chi connectivity index (χ0) is 14.7. The molecule has 0 radical (unpaired) electrons. The minimum Gasteiger partial charge on any atom is -0.508 e. The Morgan fingerprint density at radius 1 is 1.30 bits per heavy atom. The van der Waals surface area contributed by atoms with E-state index in [2.05, 4.69) is 0 Å². The maximum Gasteiger partial charge on any atom is 0.255 e. The molecule has 0 aliphatic rings. The third-order valence-electron chi connectivity index (χ3n) is 2.90. The van der Waals surface area contributed by atoms with Gasteiger partial charge in [0.15, 0.2) is 0 Å². The molecule has 4 nitrogen and oxygen atoms in total. The number of hydrogen-bond acceptors (Lipinski definition) is 3. The molecule has 0 unspecified atom stereocenters. The standard InChI is InChI=1S/C15H15ClN2O2/c1-18(9-10-3-2-4-12(19)7-10)15(20)13-6-5-11(17)8-14(13)16/h2-8,19H,9,17H2,1H3. The number of anilines is 1. The number of phenolic OH excluding ortho intramolecular Hbond substituents is 1. The van der Waals surface area contributed by atoms with Crippen LogP contribution in [0.5, 0.6) is 5.75 Å². The number of hydrogen-bond donors (Lipinski definition) is 2. The van der Waals surface area contributed by atoms with Crippen LogP contribution in [0.15, 0.2) is 42.5 Å². The average molecular weight is 291 g/mol. The van der Waals surface area contributed by atoms with Gasteiger partial charge in [0, 0.05) is 19.3 Å². The Morgan fingerprint density at radius 3 is 2.70 bits per heavy atom. The van der Waals surface area contributed by atoms with Crippen molar-refractivity contribution in [1.29, 1.82) is 0 Å². The molecule has 5 heteroatoms. The van der Waals surface area contributed by atoms with Gasteiger partial charge in [-0.1, -0.05) is 23.7 Å². The largest absolute Gasteiger partial charge is 0.508 e. The van der Waals surface area contributed by atoms with Gasteiger partial charge < -0.3 is 15.7 Å². The Bertz CT molecular complexity index is 644. The number of amides is 1. The van der Waals surface area contributed by atoms with Crippen molar-refractivity contribution in [3.8, 4) is 5.75 Å². The Kier molecular flexibility index (Phi) is 4.15. The van der Waals surface area contributed by atoms with Crippen LogP contribution < -0.4 is 5.73 Å². The highest BCUT2D eigenvalue weighted by Gasteiger charge is 2.15. The van der Waals surface area contributed by atoms with Gasteiger partial charge in [0.25, 0.3) is 5.91 Å². The van der Waals surface area contributed by atoms with Crippen molar-refractivity contribution in [3.05, 3.63) is 58.6 Å². The Balaban J connectivity index is 2.16. The number of phenols is 1. The number of carbonyl (C=O) groups excluding carboxylic acids is 1. The van der Waals surface area contributed by atoms with E-state index >= 15 is 0 Å². The molecular weight excluding hydrogens is 276 g/mol. The maximum atomic E-state index is 12.3. The summed E-state index contributed by atoms with van der Waals surface area (Å²) >= 11 is 6.03. The third-order valence-corrected chi connectivity index (χ3v) is 3.21. The monoisotopic (exact) mass is 290 g/mol. The van der Waals surface area contributed by atoms with E-state index in [-0.39, 0.29) is 11.7 Å². The van der Waals surface area contributed by atoms with E-state index in [1.165, 1.54) is 4.90 Å². The number of rotatable bonds is 3. The first kappa shape index (κ1) is 14.2. The molecule has 0 heterocycles. The van der Waals surface area contributed by atoms with Crippen LogP contribution in [0.2, 0.25) is 5.02 Å². The predicted molar refractivity (Wildman–Crippen MR) is 79.8 cm³/mol. The Morgan fingerprint density at radius 2 is 2.05 bits per heavy atom. The van der Waals surface area contributed by atoms with Crippen LogP contribution in [0, 0.1) is 0 Å². The fourth-order valence-electron chi connectivity index (χ4n) is 1.91. The molecule has 0 fully saturated rings. The lowest BCUT2D eigenvalue weighted by atomic mass is 10.1. The van der Waals surface area contributed by atoms with E-state index in [4.69, 9.17) is 17.3 Å². The summed E-state index contributed by atoms with van der Waals surface area (Å²) in [4.78, 5) is 13.8. The van der Waals surface area contributed by atoms with Crippen LogP contribution in [-0.4, -0.2) is 23.0 Å². The zero-order valence-electron chi connectivity index (χ0n) is 11.0. The summed E-state index contributed by atoms with van der Waals surface area (Å²) in [6.45, 7) is 0.383. The van der Waals surface area contributed by atoms with Crippen LogP contribution in [0.1, 0.15) is 15.9 Å². The molecule has 3 N–H and O–H groups in total. The summed E-state index contributed by atoms with van der Waals surface area (Å²) in [5, 5.41) is 9.75. The van der Waals surface area contributed by atoms with Crippen LogP contribution in [0.3, 0.4) is 0 Å². The fourth-order valence-corrected chi connectivity index (χ4v) is 2.18. The molecule has 0 bridgehead atoms. The number of halogens is 1.